The lowest BCUT2D eigenvalue weighted by Crippen LogP contribution is -2.49. The largest absolute Gasteiger partial charge is 0.305 e. The molecule has 1 aliphatic heterocycles. The SMILES string of the molecule is Cc1c(Cl)cccc1C1[C@@H](C(=O)c2ccccc2)CN(C)C[C@@H]1C(=O)c1ccccc1. The number of carbonyl (C=O) groups is 2. The molecule has 0 bridgehead atoms. The maximum absolute atomic E-state index is 13.7. The number of rotatable bonds is 5. The van der Waals surface area contributed by atoms with Crippen LogP contribution >= 0.6 is 11.6 Å². The summed E-state index contributed by atoms with van der Waals surface area (Å²) < 4.78 is 0. The molecule has 1 saturated heterocycles. The summed E-state index contributed by atoms with van der Waals surface area (Å²) in [5.74, 6) is -0.771. The van der Waals surface area contributed by atoms with Crippen molar-refractivity contribution in [1.29, 1.82) is 0 Å². The molecule has 158 valence electrons. The molecule has 0 unspecified atom stereocenters. The average molecular weight is 432 g/mol. The molecule has 4 rings (SSSR count). The van der Waals surface area contributed by atoms with Gasteiger partial charge in [-0.1, -0.05) is 84.4 Å². The molecule has 0 saturated carbocycles. The van der Waals surface area contributed by atoms with Crippen LogP contribution in [0.5, 0.6) is 0 Å². The monoisotopic (exact) mass is 431 g/mol. The third-order valence-corrected chi connectivity index (χ3v) is 6.75. The number of carbonyl (C=O) groups excluding carboxylic acids is 2. The molecule has 3 nitrogen and oxygen atoms in total. The van der Waals surface area contributed by atoms with Crippen LogP contribution in [0.4, 0.5) is 0 Å². The number of likely N-dealkylation sites (tertiary alicyclic amines) is 1. The number of ketones is 2. The van der Waals surface area contributed by atoms with Gasteiger partial charge < -0.3 is 4.90 Å². The van der Waals surface area contributed by atoms with Crippen LogP contribution < -0.4 is 0 Å². The lowest BCUT2D eigenvalue weighted by molar-refractivity contribution is 0.0623. The van der Waals surface area contributed by atoms with Crippen molar-refractivity contribution in [2.75, 3.05) is 20.1 Å². The molecule has 1 heterocycles. The van der Waals surface area contributed by atoms with Crippen molar-refractivity contribution >= 4 is 23.2 Å². The van der Waals surface area contributed by atoms with Crippen LogP contribution in [0.25, 0.3) is 0 Å². The second kappa shape index (κ2) is 9.17. The number of hydrogen-bond acceptors (Lipinski definition) is 3. The summed E-state index contributed by atoms with van der Waals surface area (Å²) >= 11 is 6.47. The van der Waals surface area contributed by atoms with Gasteiger partial charge in [-0.3, -0.25) is 9.59 Å². The van der Waals surface area contributed by atoms with Crippen molar-refractivity contribution in [3.63, 3.8) is 0 Å². The van der Waals surface area contributed by atoms with E-state index in [1.807, 2.05) is 92.8 Å². The number of benzene rings is 3. The summed E-state index contributed by atoms with van der Waals surface area (Å²) in [7, 11) is 1.98. The van der Waals surface area contributed by atoms with E-state index < -0.39 is 0 Å². The summed E-state index contributed by atoms with van der Waals surface area (Å²) in [6, 6.07) is 24.5. The zero-order valence-electron chi connectivity index (χ0n) is 17.8. The maximum Gasteiger partial charge on any atom is 0.167 e. The highest BCUT2D eigenvalue weighted by atomic mass is 35.5. The van der Waals surface area contributed by atoms with Crippen LogP contribution in [0.3, 0.4) is 0 Å². The molecule has 2 atom stereocenters. The Kier molecular flexibility index (Phi) is 6.35. The van der Waals surface area contributed by atoms with Crippen LogP contribution in [0, 0.1) is 18.8 Å². The molecular formula is C27H26ClNO2. The van der Waals surface area contributed by atoms with E-state index in [0.29, 0.717) is 29.2 Å². The van der Waals surface area contributed by atoms with Crippen LogP contribution in [-0.4, -0.2) is 36.6 Å². The highest BCUT2D eigenvalue weighted by Crippen LogP contribution is 2.42. The van der Waals surface area contributed by atoms with Gasteiger partial charge in [0.25, 0.3) is 0 Å². The third-order valence-electron chi connectivity index (χ3n) is 6.34. The smallest absolute Gasteiger partial charge is 0.167 e. The average Bonchev–Trinajstić information content (AvgIpc) is 2.81. The molecule has 4 heteroatoms. The van der Waals surface area contributed by atoms with Gasteiger partial charge >= 0.3 is 0 Å². The highest BCUT2D eigenvalue weighted by molar-refractivity contribution is 6.31. The minimum Gasteiger partial charge on any atom is -0.305 e. The number of halogens is 1. The lowest BCUT2D eigenvalue weighted by atomic mass is 9.68. The minimum atomic E-state index is -0.337. The quantitative estimate of drug-likeness (QED) is 0.488. The molecule has 0 aromatic heterocycles. The summed E-state index contributed by atoms with van der Waals surface area (Å²) in [5, 5.41) is 0.660. The Balaban J connectivity index is 1.83. The molecule has 0 radical (unpaired) electrons. The fourth-order valence-corrected chi connectivity index (χ4v) is 4.98. The first-order valence-corrected chi connectivity index (χ1v) is 11.0. The topological polar surface area (TPSA) is 37.4 Å². The van der Waals surface area contributed by atoms with E-state index in [-0.39, 0.29) is 29.3 Å². The van der Waals surface area contributed by atoms with Crippen molar-refractivity contribution in [1.82, 2.24) is 4.90 Å². The first-order chi connectivity index (χ1) is 15.0. The number of nitrogens with zero attached hydrogens (tertiary/aromatic N) is 1. The Morgan fingerprint density at radius 3 is 1.74 bits per heavy atom. The van der Waals surface area contributed by atoms with Crippen molar-refractivity contribution in [3.8, 4) is 0 Å². The second-order valence-corrected chi connectivity index (χ2v) is 8.78. The van der Waals surface area contributed by atoms with Crippen molar-refractivity contribution in [2.45, 2.75) is 12.8 Å². The van der Waals surface area contributed by atoms with E-state index in [4.69, 9.17) is 11.6 Å². The molecular weight excluding hydrogens is 406 g/mol. The van der Waals surface area contributed by atoms with Crippen LogP contribution in [0.2, 0.25) is 5.02 Å². The highest BCUT2D eigenvalue weighted by Gasteiger charge is 2.44. The molecule has 0 aliphatic carbocycles. The van der Waals surface area contributed by atoms with E-state index in [1.54, 1.807) is 0 Å². The van der Waals surface area contributed by atoms with Gasteiger partial charge in [0.15, 0.2) is 11.6 Å². The zero-order chi connectivity index (χ0) is 22.0. The summed E-state index contributed by atoms with van der Waals surface area (Å²) in [6.07, 6.45) is 0. The number of hydrogen-bond donors (Lipinski definition) is 0. The Morgan fingerprint density at radius 1 is 0.774 bits per heavy atom. The molecule has 3 aromatic rings. The van der Waals surface area contributed by atoms with E-state index >= 15 is 0 Å². The molecule has 1 aliphatic rings. The molecule has 0 amide bonds. The fourth-order valence-electron chi connectivity index (χ4n) is 4.80. The molecule has 3 aromatic carbocycles. The van der Waals surface area contributed by atoms with E-state index in [1.165, 1.54) is 0 Å². The fraction of sp³-hybridized carbons (Fsp3) is 0.259. The Hall–Kier alpha value is -2.75. The van der Waals surface area contributed by atoms with Crippen molar-refractivity contribution < 1.29 is 9.59 Å². The van der Waals surface area contributed by atoms with Gasteiger partial charge in [0.05, 0.1) is 0 Å². The van der Waals surface area contributed by atoms with Gasteiger partial charge in [0, 0.05) is 47.0 Å². The van der Waals surface area contributed by atoms with Gasteiger partial charge in [-0.25, -0.2) is 0 Å². The minimum absolute atomic E-state index is 0.0717. The van der Waals surface area contributed by atoms with Gasteiger partial charge in [-0.05, 0) is 31.2 Å². The molecule has 0 N–H and O–H groups in total. The standard InChI is InChI=1S/C27H26ClNO2/c1-18-21(14-9-15-24(18)28)25-22(26(30)19-10-5-3-6-11-19)16-29(2)17-23(25)27(31)20-12-7-4-8-13-20/h3-15,22-23,25H,16-17H2,1-2H3/t22-,23-/m0/s1. The Bertz CT molecular complexity index is 1020. The van der Waals surface area contributed by atoms with Gasteiger partial charge in [0.1, 0.15) is 0 Å². The van der Waals surface area contributed by atoms with E-state index in [0.717, 1.165) is 11.1 Å². The summed E-state index contributed by atoms with van der Waals surface area (Å²) in [4.78, 5) is 29.4. The second-order valence-electron chi connectivity index (χ2n) is 8.37. The third kappa shape index (κ3) is 4.34. The summed E-state index contributed by atoms with van der Waals surface area (Å²) in [5.41, 5.74) is 3.29. The first kappa shape index (κ1) is 21.5. The van der Waals surface area contributed by atoms with E-state index in [2.05, 4.69) is 4.90 Å². The van der Waals surface area contributed by atoms with Crippen molar-refractivity contribution in [2.24, 2.45) is 11.8 Å². The van der Waals surface area contributed by atoms with Gasteiger partial charge in [-0.2, -0.15) is 0 Å². The Labute approximate surface area is 188 Å². The van der Waals surface area contributed by atoms with Crippen LogP contribution in [0.15, 0.2) is 78.9 Å². The predicted molar refractivity (Wildman–Crippen MR) is 125 cm³/mol. The van der Waals surface area contributed by atoms with Crippen LogP contribution in [0.1, 0.15) is 37.8 Å². The predicted octanol–water partition coefficient (Wildman–Crippen LogP) is 5.68. The molecule has 31 heavy (non-hydrogen) atoms. The number of piperidine rings is 1. The molecule has 1 fully saturated rings. The zero-order valence-corrected chi connectivity index (χ0v) is 18.5. The van der Waals surface area contributed by atoms with E-state index in [9.17, 15) is 9.59 Å². The first-order valence-electron chi connectivity index (χ1n) is 10.6. The van der Waals surface area contributed by atoms with Crippen molar-refractivity contribution in [3.05, 3.63) is 106 Å². The normalized spacial score (nSPS) is 19.8. The van der Waals surface area contributed by atoms with Gasteiger partial charge in [0.2, 0.25) is 0 Å². The number of Topliss-reactive ketones (excluding diaryl/α,β-unsaturated/α-hetero) is 2. The van der Waals surface area contributed by atoms with Gasteiger partial charge in [-0.15, -0.1) is 0 Å². The lowest BCUT2D eigenvalue weighted by Gasteiger charge is -2.42. The molecule has 0 spiro atoms. The Morgan fingerprint density at radius 2 is 1.26 bits per heavy atom. The maximum atomic E-state index is 13.7. The van der Waals surface area contributed by atoms with Crippen LogP contribution in [-0.2, 0) is 0 Å². The summed E-state index contributed by atoms with van der Waals surface area (Å²) in [6.45, 7) is 3.18.